The van der Waals surface area contributed by atoms with Crippen LogP contribution in [0.3, 0.4) is 0 Å². The summed E-state index contributed by atoms with van der Waals surface area (Å²) in [5, 5.41) is 18.1. The van der Waals surface area contributed by atoms with Gasteiger partial charge in [-0.3, -0.25) is 10.1 Å². The maximum atomic E-state index is 10.7. The lowest BCUT2D eigenvalue weighted by Crippen LogP contribution is -2.22. The van der Waals surface area contributed by atoms with Gasteiger partial charge >= 0.3 is 0 Å². The molecule has 0 fully saturated rings. The second kappa shape index (κ2) is 5.70. The molecule has 0 aliphatic heterocycles. The minimum Gasteiger partial charge on any atom is -0.382 e. The van der Waals surface area contributed by atoms with Crippen molar-refractivity contribution in [1.82, 2.24) is 0 Å². The average molecular weight is 314 g/mol. The predicted molar refractivity (Wildman–Crippen MR) is 69.6 cm³/mol. The van der Waals surface area contributed by atoms with E-state index in [1.165, 1.54) is 0 Å². The summed E-state index contributed by atoms with van der Waals surface area (Å²) in [6, 6.07) is 2.24. The fourth-order valence-corrected chi connectivity index (χ4v) is 2.15. The lowest BCUT2D eigenvalue weighted by Gasteiger charge is -2.09. The van der Waals surface area contributed by atoms with Crippen LogP contribution >= 0.6 is 23.2 Å². The Hall–Kier alpha value is -1.09. The highest BCUT2D eigenvalue weighted by Gasteiger charge is 2.14. The zero-order chi connectivity index (χ0) is 13.9. The molecule has 0 saturated carbocycles. The second-order valence-electron chi connectivity index (χ2n) is 3.34. The van der Waals surface area contributed by atoms with E-state index < -0.39 is 14.9 Å². The number of benzene rings is 1. The van der Waals surface area contributed by atoms with E-state index >= 15 is 0 Å². The van der Waals surface area contributed by atoms with E-state index in [2.05, 4.69) is 5.32 Å². The fraction of sp³-hybridized carbons (Fsp3) is 0.250. The van der Waals surface area contributed by atoms with Crippen molar-refractivity contribution in [2.45, 2.75) is 0 Å². The number of nitrogens with one attached hydrogen (secondary N) is 1. The zero-order valence-electron chi connectivity index (χ0n) is 8.89. The quantitative estimate of drug-likeness (QED) is 0.632. The third-order valence-corrected chi connectivity index (χ3v) is 3.30. The molecule has 0 aliphatic carbocycles. The van der Waals surface area contributed by atoms with E-state index in [1.807, 2.05) is 0 Å². The molecular formula is C8H9Cl2N3O4S. The molecule has 3 N–H and O–H groups in total. The molecule has 0 radical (unpaired) electrons. The SMILES string of the molecule is NS(=O)(=O)CCNc1c(Cl)cc([N+](=O)[O-])cc1Cl. The molecule has 1 aromatic rings. The molecular weight excluding hydrogens is 305 g/mol. The van der Waals surface area contributed by atoms with Crippen molar-refractivity contribution in [3.05, 3.63) is 32.3 Å². The summed E-state index contributed by atoms with van der Waals surface area (Å²) in [5.74, 6) is -0.309. The van der Waals surface area contributed by atoms with Crippen molar-refractivity contribution in [3.63, 3.8) is 0 Å². The molecule has 0 bridgehead atoms. The van der Waals surface area contributed by atoms with Gasteiger partial charge in [0.2, 0.25) is 10.0 Å². The highest BCUT2D eigenvalue weighted by Crippen LogP contribution is 2.34. The van der Waals surface area contributed by atoms with Gasteiger partial charge in [-0.2, -0.15) is 0 Å². The Kier molecular flexibility index (Phi) is 4.74. The van der Waals surface area contributed by atoms with Gasteiger partial charge in [-0.05, 0) is 0 Å². The van der Waals surface area contributed by atoms with Crippen LogP contribution in [-0.4, -0.2) is 25.6 Å². The van der Waals surface area contributed by atoms with Crippen molar-refractivity contribution >= 4 is 44.6 Å². The Morgan fingerprint density at radius 2 is 1.83 bits per heavy atom. The minimum absolute atomic E-state index is 0.00388. The minimum atomic E-state index is -3.60. The Bertz CT molecular complexity index is 553. The maximum Gasteiger partial charge on any atom is 0.272 e. The average Bonchev–Trinajstić information content (AvgIpc) is 2.20. The van der Waals surface area contributed by atoms with Crippen LogP contribution < -0.4 is 10.5 Å². The summed E-state index contributed by atoms with van der Waals surface area (Å²) in [4.78, 5) is 9.90. The van der Waals surface area contributed by atoms with Gasteiger partial charge in [0, 0.05) is 18.7 Å². The molecule has 0 spiro atoms. The van der Waals surface area contributed by atoms with Crippen LogP contribution in [0.15, 0.2) is 12.1 Å². The molecule has 0 heterocycles. The molecule has 0 aliphatic rings. The van der Waals surface area contributed by atoms with Crippen LogP contribution in [0.1, 0.15) is 0 Å². The molecule has 10 heteroatoms. The first kappa shape index (κ1) is 15.0. The molecule has 0 unspecified atom stereocenters. The van der Waals surface area contributed by atoms with Crippen LogP contribution in [0.2, 0.25) is 10.0 Å². The number of nitro groups is 1. The van der Waals surface area contributed by atoms with Crippen LogP contribution in [0, 0.1) is 10.1 Å². The van der Waals surface area contributed by atoms with E-state index in [4.69, 9.17) is 28.3 Å². The van der Waals surface area contributed by atoms with Gasteiger partial charge < -0.3 is 5.32 Å². The first-order valence-corrected chi connectivity index (χ1v) is 7.05. The number of nitro benzene ring substituents is 1. The van der Waals surface area contributed by atoms with Gasteiger partial charge in [0.25, 0.3) is 5.69 Å². The molecule has 0 aromatic heterocycles. The second-order valence-corrected chi connectivity index (χ2v) is 5.88. The summed E-state index contributed by atoms with van der Waals surface area (Å²) < 4.78 is 21.4. The first-order valence-electron chi connectivity index (χ1n) is 4.58. The van der Waals surface area contributed by atoms with Crippen LogP contribution in [0.4, 0.5) is 11.4 Å². The van der Waals surface area contributed by atoms with E-state index in [1.54, 1.807) is 0 Å². The molecule has 18 heavy (non-hydrogen) atoms. The monoisotopic (exact) mass is 313 g/mol. The summed E-state index contributed by atoms with van der Waals surface area (Å²) in [5.41, 5.74) is -0.0189. The molecule has 0 atom stereocenters. The number of non-ortho nitro benzene ring substituents is 1. The predicted octanol–water partition coefficient (Wildman–Crippen LogP) is 1.60. The van der Waals surface area contributed by atoms with Crippen molar-refractivity contribution in [3.8, 4) is 0 Å². The van der Waals surface area contributed by atoms with E-state index in [-0.39, 0.29) is 33.7 Å². The van der Waals surface area contributed by atoms with Crippen LogP contribution in [0.25, 0.3) is 0 Å². The van der Waals surface area contributed by atoms with E-state index in [0.29, 0.717) is 0 Å². The topological polar surface area (TPSA) is 115 Å². The van der Waals surface area contributed by atoms with Crippen molar-refractivity contribution in [2.75, 3.05) is 17.6 Å². The summed E-state index contributed by atoms with van der Waals surface area (Å²) in [6.45, 7) is -0.00388. The Balaban J connectivity index is 2.87. The molecule has 1 aromatic carbocycles. The van der Waals surface area contributed by atoms with Crippen molar-refractivity contribution < 1.29 is 13.3 Å². The number of sulfonamides is 1. The molecule has 1 rings (SSSR count). The van der Waals surface area contributed by atoms with Crippen LogP contribution in [0.5, 0.6) is 0 Å². The van der Waals surface area contributed by atoms with E-state index in [9.17, 15) is 18.5 Å². The van der Waals surface area contributed by atoms with E-state index in [0.717, 1.165) is 12.1 Å². The van der Waals surface area contributed by atoms with Gasteiger partial charge in [-0.1, -0.05) is 23.2 Å². The number of hydrogen-bond acceptors (Lipinski definition) is 5. The molecule has 7 nitrogen and oxygen atoms in total. The third kappa shape index (κ3) is 4.30. The summed E-state index contributed by atoms with van der Waals surface area (Å²) in [6.07, 6.45) is 0. The first-order chi connectivity index (χ1) is 8.20. The maximum absolute atomic E-state index is 10.7. The number of primary sulfonamides is 1. The number of hydrogen-bond donors (Lipinski definition) is 2. The lowest BCUT2D eigenvalue weighted by molar-refractivity contribution is -0.384. The Morgan fingerprint density at radius 1 is 1.33 bits per heavy atom. The standard InChI is InChI=1S/C8H9Cl2N3O4S/c9-6-3-5(13(14)15)4-7(10)8(6)12-1-2-18(11,16)17/h3-4,12H,1-2H2,(H2,11,16,17). The summed E-state index contributed by atoms with van der Waals surface area (Å²) in [7, 11) is -3.60. The third-order valence-electron chi connectivity index (χ3n) is 1.93. The highest BCUT2D eigenvalue weighted by atomic mass is 35.5. The van der Waals surface area contributed by atoms with Crippen molar-refractivity contribution in [1.29, 1.82) is 0 Å². The smallest absolute Gasteiger partial charge is 0.272 e. The molecule has 0 amide bonds. The largest absolute Gasteiger partial charge is 0.382 e. The number of halogens is 2. The Labute approximate surface area is 113 Å². The molecule has 100 valence electrons. The summed E-state index contributed by atoms with van der Waals surface area (Å²) >= 11 is 11.6. The van der Waals surface area contributed by atoms with Gasteiger partial charge in [0.15, 0.2) is 0 Å². The van der Waals surface area contributed by atoms with Crippen molar-refractivity contribution in [2.24, 2.45) is 5.14 Å². The number of rotatable bonds is 5. The van der Waals surface area contributed by atoms with Gasteiger partial charge in [0.1, 0.15) is 0 Å². The Morgan fingerprint density at radius 3 is 2.22 bits per heavy atom. The normalized spacial score (nSPS) is 11.3. The number of nitrogens with two attached hydrogens (primary N) is 1. The molecule has 0 saturated heterocycles. The highest BCUT2D eigenvalue weighted by molar-refractivity contribution is 7.89. The van der Waals surface area contributed by atoms with Crippen LogP contribution in [-0.2, 0) is 10.0 Å². The fourth-order valence-electron chi connectivity index (χ4n) is 1.15. The zero-order valence-corrected chi connectivity index (χ0v) is 11.2. The van der Waals surface area contributed by atoms with Gasteiger partial charge in [-0.15, -0.1) is 0 Å². The van der Waals surface area contributed by atoms with Gasteiger partial charge in [-0.25, -0.2) is 13.6 Å². The van der Waals surface area contributed by atoms with Gasteiger partial charge in [0.05, 0.1) is 26.4 Å². The number of nitrogens with zero attached hydrogens (tertiary/aromatic N) is 1. The lowest BCUT2D eigenvalue weighted by atomic mass is 10.3. The number of anilines is 1.